The number of hydrogen-bond donors (Lipinski definition) is 0. The first-order valence-electron chi connectivity index (χ1n) is 15.8. The molecule has 3 nitrogen and oxygen atoms in total. The second-order valence-corrected chi connectivity index (χ2v) is 12.3. The fourth-order valence-electron chi connectivity index (χ4n) is 7.93. The van der Waals surface area contributed by atoms with Crippen LogP contribution in [0.15, 0.2) is 169 Å². The Morgan fingerprint density at radius 2 is 1.09 bits per heavy atom. The third-order valence-electron chi connectivity index (χ3n) is 9.91. The lowest BCUT2D eigenvalue weighted by atomic mass is 9.65. The van der Waals surface area contributed by atoms with E-state index in [0.29, 0.717) is 0 Å². The number of anilines is 1. The molecule has 2 aliphatic heterocycles. The van der Waals surface area contributed by atoms with Crippen molar-refractivity contribution in [2.24, 2.45) is 4.99 Å². The van der Waals surface area contributed by atoms with Gasteiger partial charge in [0.25, 0.3) is 0 Å². The van der Waals surface area contributed by atoms with E-state index in [4.69, 9.17) is 9.73 Å². The Labute approximate surface area is 267 Å². The topological polar surface area (TPSA) is 24.8 Å². The maximum atomic E-state index is 6.60. The monoisotopic (exact) mass is 588 g/mol. The van der Waals surface area contributed by atoms with Gasteiger partial charge in [0.2, 0.25) is 0 Å². The summed E-state index contributed by atoms with van der Waals surface area (Å²) in [6, 6.07) is 58.7. The molecule has 0 amide bonds. The van der Waals surface area contributed by atoms with Gasteiger partial charge in [0.1, 0.15) is 17.3 Å². The molecule has 46 heavy (non-hydrogen) atoms. The molecule has 1 aliphatic carbocycles. The zero-order chi connectivity index (χ0) is 30.2. The predicted molar refractivity (Wildman–Crippen MR) is 186 cm³/mol. The number of benzene rings is 7. The normalized spacial score (nSPS) is 16.5. The number of amidine groups is 1. The Balaban J connectivity index is 1.26. The van der Waals surface area contributed by atoms with Crippen LogP contribution >= 0.6 is 0 Å². The molecular formula is C43H28N2O. The van der Waals surface area contributed by atoms with Crippen molar-refractivity contribution in [3.05, 3.63) is 197 Å². The second-order valence-electron chi connectivity index (χ2n) is 12.3. The molecule has 3 heteroatoms. The first-order chi connectivity index (χ1) is 22.8. The van der Waals surface area contributed by atoms with Gasteiger partial charge in [-0.1, -0.05) is 121 Å². The fraction of sp³-hybridized carbons (Fsp3) is 0.0465. The highest BCUT2D eigenvalue weighted by molar-refractivity contribution is 6.14. The van der Waals surface area contributed by atoms with Crippen molar-refractivity contribution in [3.63, 3.8) is 0 Å². The van der Waals surface area contributed by atoms with Crippen molar-refractivity contribution in [1.82, 2.24) is 0 Å². The van der Waals surface area contributed by atoms with Crippen LogP contribution in [0.5, 0.6) is 11.5 Å². The molecule has 7 aromatic rings. The summed E-state index contributed by atoms with van der Waals surface area (Å²) >= 11 is 0. The molecular weight excluding hydrogens is 560 g/mol. The van der Waals surface area contributed by atoms with Crippen molar-refractivity contribution >= 4 is 22.3 Å². The SMILES string of the molecule is c1ccc(C2N=C(c3ccc4c(c3)C3(c5ccccc5Oc5ccccc53)c3cc5ccccc5cc3-4)N2c2ccccc2)cc1. The fourth-order valence-corrected chi connectivity index (χ4v) is 7.93. The maximum absolute atomic E-state index is 6.60. The number of aliphatic imine (C=N–C) groups is 1. The zero-order valence-corrected chi connectivity index (χ0v) is 25.0. The van der Waals surface area contributed by atoms with Crippen LogP contribution in [0.2, 0.25) is 0 Å². The average molecular weight is 589 g/mol. The van der Waals surface area contributed by atoms with E-state index < -0.39 is 5.41 Å². The Bertz CT molecular complexity index is 2310. The van der Waals surface area contributed by atoms with Crippen LogP contribution in [0.25, 0.3) is 21.9 Å². The largest absolute Gasteiger partial charge is 0.457 e. The van der Waals surface area contributed by atoms with Crippen LogP contribution < -0.4 is 9.64 Å². The molecule has 0 radical (unpaired) electrons. The van der Waals surface area contributed by atoms with Crippen LogP contribution in [-0.2, 0) is 5.41 Å². The first kappa shape index (κ1) is 25.4. The van der Waals surface area contributed by atoms with E-state index in [9.17, 15) is 0 Å². The molecule has 0 saturated carbocycles. The Hall–Kier alpha value is -5.93. The molecule has 216 valence electrons. The molecule has 10 rings (SSSR count). The molecule has 3 aliphatic rings. The Morgan fingerprint density at radius 1 is 0.500 bits per heavy atom. The van der Waals surface area contributed by atoms with Crippen LogP contribution in [0.4, 0.5) is 5.69 Å². The summed E-state index contributed by atoms with van der Waals surface area (Å²) in [7, 11) is 0. The summed E-state index contributed by atoms with van der Waals surface area (Å²) in [5, 5.41) is 2.48. The van der Waals surface area contributed by atoms with Crippen LogP contribution in [0, 0.1) is 0 Å². The number of nitrogens with zero attached hydrogens (tertiary/aromatic N) is 2. The number of hydrogen-bond acceptors (Lipinski definition) is 3. The highest BCUT2D eigenvalue weighted by Crippen LogP contribution is 2.62. The number of ether oxygens (including phenoxy) is 1. The molecule has 0 saturated heterocycles. The van der Waals surface area contributed by atoms with Crippen LogP contribution in [-0.4, -0.2) is 5.84 Å². The van der Waals surface area contributed by atoms with Gasteiger partial charge in [0.15, 0.2) is 6.17 Å². The van der Waals surface area contributed by atoms with E-state index in [0.717, 1.165) is 28.6 Å². The van der Waals surface area contributed by atoms with Gasteiger partial charge >= 0.3 is 0 Å². The van der Waals surface area contributed by atoms with Crippen molar-refractivity contribution in [1.29, 1.82) is 0 Å². The van der Waals surface area contributed by atoms with Crippen molar-refractivity contribution in [2.75, 3.05) is 4.90 Å². The lowest BCUT2D eigenvalue weighted by molar-refractivity contribution is 0.436. The zero-order valence-electron chi connectivity index (χ0n) is 25.0. The minimum absolute atomic E-state index is 0.0761. The summed E-state index contributed by atoms with van der Waals surface area (Å²) < 4.78 is 6.60. The number of rotatable bonds is 3. The predicted octanol–water partition coefficient (Wildman–Crippen LogP) is 10.3. The van der Waals surface area contributed by atoms with Gasteiger partial charge in [0, 0.05) is 22.4 Å². The molecule has 1 atom stereocenters. The van der Waals surface area contributed by atoms with E-state index in [1.165, 1.54) is 49.7 Å². The number of para-hydroxylation sites is 3. The van der Waals surface area contributed by atoms with Gasteiger partial charge < -0.3 is 4.74 Å². The molecule has 1 spiro atoms. The molecule has 0 aromatic heterocycles. The molecule has 0 fully saturated rings. The number of fused-ring (bicyclic) bond motifs is 10. The highest BCUT2D eigenvalue weighted by Gasteiger charge is 2.51. The molecule has 2 heterocycles. The van der Waals surface area contributed by atoms with E-state index in [-0.39, 0.29) is 6.17 Å². The van der Waals surface area contributed by atoms with E-state index >= 15 is 0 Å². The summed E-state index contributed by atoms with van der Waals surface area (Å²) in [5.74, 6) is 2.77. The van der Waals surface area contributed by atoms with Gasteiger partial charge in [-0.3, -0.25) is 4.90 Å². The quantitative estimate of drug-likeness (QED) is 0.205. The molecule has 7 aromatic carbocycles. The van der Waals surface area contributed by atoms with Crippen molar-refractivity contribution in [2.45, 2.75) is 11.6 Å². The van der Waals surface area contributed by atoms with Gasteiger partial charge in [-0.2, -0.15) is 0 Å². The Kier molecular flexibility index (Phi) is 5.26. The molecule has 1 unspecified atom stereocenters. The third-order valence-corrected chi connectivity index (χ3v) is 9.91. The summed E-state index contributed by atoms with van der Waals surface area (Å²) in [6.07, 6.45) is -0.0761. The minimum atomic E-state index is -0.545. The van der Waals surface area contributed by atoms with Crippen molar-refractivity contribution < 1.29 is 4.74 Å². The van der Waals surface area contributed by atoms with E-state index in [1.807, 2.05) is 0 Å². The average Bonchev–Trinajstić information content (AvgIpc) is 3.37. The van der Waals surface area contributed by atoms with Crippen LogP contribution in [0.3, 0.4) is 0 Å². The van der Waals surface area contributed by atoms with E-state index in [2.05, 4.69) is 169 Å². The first-order valence-corrected chi connectivity index (χ1v) is 15.8. The second kappa shape index (κ2) is 9.53. The lowest BCUT2D eigenvalue weighted by Gasteiger charge is -2.42. The standard InChI is InChI=1S/C43H28N2O/c1-3-13-28(14-4-1)41-44-42(45(41)32-17-5-2-6-18-32)31-23-24-33-34-25-29-15-7-8-16-30(29)26-38(34)43(37(33)27-31)35-19-9-11-21-39(35)46-40-22-12-10-20-36(40)43/h1-27,41H. The van der Waals surface area contributed by atoms with E-state index in [1.54, 1.807) is 0 Å². The smallest absolute Gasteiger partial charge is 0.154 e. The van der Waals surface area contributed by atoms with Gasteiger partial charge in [-0.05, 0) is 81.1 Å². The lowest BCUT2D eigenvalue weighted by Crippen LogP contribution is -2.44. The summed E-state index contributed by atoms with van der Waals surface area (Å²) in [5.41, 5.74) is 10.3. The van der Waals surface area contributed by atoms with Gasteiger partial charge in [-0.15, -0.1) is 0 Å². The molecule has 0 N–H and O–H groups in total. The molecule has 0 bridgehead atoms. The third kappa shape index (κ3) is 3.40. The van der Waals surface area contributed by atoms with Crippen molar-refractivity contribution in [3.8, 4) is 22.6 Å². The minimum Gasteiger partial charge on any atom is -0.457 e. The summed E-state index contributed by atoms with van der Waals surface area (Å²) in [6.45, 7) is 0. The Morgan fingerprint density at radius 3 is 1.80 bits per heavy atom. The highest BCUT2D eigenvalue weighted by atomic mass is 16.5. The van der Waals surface area contributed by atoms with Gasteiger partial charge in [-0.25, -0.2) is 4.99 Å². The summed E-state index contributed by atoms with van der Waals surface area (Å²) in [4.78, 5) is 7.65. The van der Waals surface area contributed by atoms with Crippen LogP contribution in [0.1, 0.15) is 39.5 Å². The maximum Gasteiger partial charge on any atom is 0.154 e. The van der Waals surface area contributed by atoms with Gasteiger partial charge in [0.05, 0.1) is 5.41 Å².